The van der Waals surface area contributed by atoms with Crippen LogP contribution in [0, 0.1) is 3.57 Å². The van der Waals surface area contributed by atoms with Crippen molar-refractivity contribution in [1.29, 1.82) is 0 Å². The van der Waals surface area contributed by atoms with Crippen molar-refractivity contribution in [2.24, 2.45) is 0 Å². The molecule has 0 radical (unpaired) electrons. The van der Waals surface area contributed by atoms with E-state index in [4.69, 9.17) is 4.42 Å². The molecule has 1 aromatic carbocycles. The van der Waals surface area contributed by atoms with E-state index in [2.05, 4.69) is 27.5 Å². The number of benzene rings is 1. The van der Waals surface area contributed by atoms with Crippen LogP contribution in [-0.4, -0.2) is 60.4 Å². The van der Waals surface area contributed by atoms with Gasteiger partial charge in [0.2, 0.25) is 5.91 Å². The molecule has 3 heterocycles. The second-order valence-corrected chi connectivity index (χ2v) is 7.89. The zero-order chi connectivity index (χ0) is 18.1. The topological polar surface area (TPSA) is 57.0 Å². The van der Waals surface area contributed by atoms with E-state index < -0.39 is 0 Å². The normalized spacial score (nSPS) is 21.4. The van der Waals surface area contributed by atoms with Crippen molar-refractivity contribution in [3.63, 3.8) is 0 Å². The van der Waals surface area contributed by atoms with E-state index in [1.807, 2.05) is 34.1 Å². The molecule has 2 aromatic rings. The van der Waals surface area contributed by atoms with Crippen LogP contribution in [0.4, 0.5) is 5.69 Å². The molecule has 0 N–H and O–H groups in total. The van der Waals surface area contributed by atoms with E-state index in [1.54, 1.807) is 12.1 Å². The summed E-state index contributed by atoms with van der Waals surface area (Å²) in [6.07, 6.45) is 2.06. The van der Waals surface area contributed by atoms with Crippen LogP contribution in [0.5, 0.6) is 0 Å². The third-order valence-corrected chi connectivity index (χ3v) is 5.81. The van der Waals surface area contributed by atoms with Gasteiger partial charge in [-0.15, -0.1) is 0 Å². The fourth-order valence-electron chi connectivity index (χ4n) is 3.65. The molecule has 0 saturated carbocycles. The van der Waals surface area contributed by atoms with Crippen molar-refractivity contribution >= 4 is 40.1 Å². The first-order valence-corrected chi connectivity index (χ1v) is 9.82. The van der Waals surface area contributed by atoms with Gasteiger partial charge >= 0.3 is 0 Å². The number of hydrogen-bond acceptors (Lipinski definition) is 4. The van der Waals surface area contributed by atoms with Crippen LogP contribution in [0.25, 0.3) is 0 Å². The third kappa shape index (κ3) is 3.50. The molecule has 2 fully saturated rings. The number of anilines is 1. The highest BCUT2D eigenvalue weighted by Gasteiger charge is 2.36. The average Bonchev–Trinajstić information content (AvgIpc) is 3.32. The lowest BCUT2D eigenvalue weighted by molar-refractivity contribution is -0.117. The molecule has 7 heteroatoms. The lowest BCUT2D eigenvalue weighted by Gasteiger charge is -2.37. The monoisotopic (exact) mass is 465 g/mol. The second-order valence-electron chi connectivity index (χ2n) is 6.64. The van der Waals surface area contributed by atoms with Crippen LogP contribution in [0.1, 0.15) is 17.0 Å². The zero-order valence-corrected chi connectivity index (χ0v) is 16.5. The van der Waals surface area contributed by atoms with E-state index in [9.17, 15) is 9.59 Å². The molecule has 26 heavy (non-hydrogen) atoms. The lowest BCUT2D eigenvalue weighted by Crippen LogP contribution is -2.52. The first kappa shape index (κ1) is 17.5. The molecule has 1 unspecified atom stereocenters. The van der Waals surface area contributed by atoms with Crippen molar-refractivity contribution in [3.8, 4) is 0 Å². The maximum Gasteiger partial charge on any atom is 0.289 e. The van der Waals surface area contributed by atoms with Gasteiger partial charge in [0.1, 0.15) is 0 Å². The number of rotatable bonds is 3. The van der Waals surface area contributed by atoms with Crippen molar-refractivity contribution < 1.29 is 14.0 Å². The molecule has 1 atom stereocenters. The third-order valence-electron chi connectivity index (χ3n) is 5.09. The Labute approximate surface area is 165 Å². The quantitative estimate of drug-likeness (QED) is 0.654. The van der Waals surface area contributed by atoms with Gasteiger partial charge in [-0.3, -0.25) is 14.5 Å². The molecule has 6 nitrogen and oxygen atoms in total. The molecule has 2 amide bonds. The molecular formula is C19H20IN3O3. The highest BCUT2D eigenvalue weighted by Crippen LogP contribution is 2.25. The smallest absolute Gasteiger partial charge is 0.289 e. The van der Waals surface area contributed by atoms with E-state index in [-0.39, 0.29) is 17.9 Å². The Kier molecular flexibility index (Phi) is 4.99. The molecule has 2 aliphatic rings. The summed E-state index contributed by atoms with van der Waals surface area (Å²) in [7, 11) is 0. The van der Waals surface area contributed by atoms with Gasteiger partial charge in [-0.2, -0.15) is 0 Å². The van der Waals surface area contributed by atoms with Gasteiger partial charge in [0.15, 0.2) is 5.76 Å². The van der Waals surface area contributed by atoms with Crippen LogP contribution >= 0.6 is 22.6 Å². The van der Waals surface area contributed by atoms with Gasteiger partial charge in [-0.1, -0.05) is 0 Å². The van der Waals surface area contributed by atoms with Crippen molar-refractivity contribution in [2.45, 2.75) is 12.5 Å². The Morgan fingerprint density at radius 3 is 2.46 bits per heavy atom. The molecule has 4 rings (SSSR count). The first-order chi connectivity index (χ1) is 12.6. The maximum atomic E-state index is 12.5. The Morgan fingerprint density at radius 2 is 1.81 bits per heavy atom. The SMILES string of the molecule is O=C(c1ccco1)N1CCN(C2CC(=O)N(c3ccc(I)cc3)C2)CC1. The number of nitrogens with zero attached hydrogens (tertiary/aromatic N) is 3. The minimum atomic E-state index is -0.0577. The van der Waals surface area contributed by atoms with E-state index in [1.165, 1.54) is 6.26 Å². The van der Waals surface area contributed by atoms with E-state index >= 15 is 0 Å². The minimum Gasteiger partial charge on any atom is -0.459 e. The Bertz CT molecular complexity index is 783. The fraction of sp³-hybridized carbons (Fsp3) is 0.368. The molecule has 2 aliphatic heterocycles. The minimum absolute atomic E-state index is 0.0577. The molecule has 0 bridgehead atoms. The number of carbonyl (C=O) groups is 2. The number of hydrogen-bond donors (Lipinski definition) is 0. The Balaban J connectivity index is 1.36. The van der Waals surface area contributed by atoms with Gasteiger partial charge in [-0.05, 0) is 59.0 Å². The predicted molar refractivity (Wildman–Crippen MR) is 106 cm³/mol. The number of piperazine rings is 1. The van der Waals surface area contributed by atoms with Crippen LogP contribution in [0.2, 0.25) is 0 Å². The summed E-state index contributed by atoms with van der Waals surface area (Å²) in [5.74, 6) is 0.502. The molecule has 0 aliphatic carbocycles. The van der Waals surface area contributed by atoms with Gasteiger partial charge in [-0.25, -0.2) is 0 Å². The first-order valence-electron chi connectivity index (χ1n) is 8.74. The zero-order valence-electron chi connectivity index (χ0n) is 14.3. The van der Waals surface area contributed by atoms with Crippen LogP contribution < -0.4 is 4.90 Å². The highest BCUT2D eigenvalue weighted by molar-refractivity contribution is 14.1. The van der Waals surface area contributed by atoms with Crippen LogP contribution in [-0.2, 0) is 4.79 Å². The summed E-state index contributed by atoms with van der Waals surface area (Å²) in [5, 5.41) is 0. The predicted octanol–water partition coefficient (Wildman–Crippen LogP) is 2.45. The highest BCUT2D eigenvalue weighted by atomic mass is 127. The second kappa shape index (κ2) is 7.40. The number of amides is 2. The molecule has 0 spiro atoms. The summed E-state index contributed by atoms with van der Waals surface area (Å²) in [6, 6.07) is 11.7. The molecule has 2 saturated heterocycles. The van der Waals surface area contributed by atoms with Crippen molar-refractivity contribution in [2.75, 3.05) is 37.6 Å². The van der Waals surface area contributed by atoms with Crippen LogP contribution in [0.3, 0.4) is 0 Å². The summed E-state index contributed by atoms with van der Waals surface area (Å²) in [6.45, 7) is 3.60. The average molecular weight is 465 g/mol. The largest absolute Gasteiger partial charge is 0.459 e. The maximum absolute atomic E-state index is 12.5. The van der Waals surface area contributed by atoms with Gasteiger partial charge in [0, 0.05) is 54.4 Å². The Morgan fingerprint density at radius 1 is 1.08 bits per heavy atom. The van der Waals surface area contributed by atoms with Gasteiger partial charge in [0.25, 0.3) is 5.91 Å². The molecular weight excluding hydrogens is 445 g/mol. The fourth-order valence-corrected chi connectivity index (χ4v) is 4.01. The number of halogens is 1. The number of furan rings is 1. The number of carbonyl (C=O) groups excluding carboxylic acids is 2. The summed E-state index contributed by atoms with van der Waals surface area (Å²) in [5.41, 5.74) is 0.963. The summed E-state index contributed by atoms with van der Waals surface area (Å²) < 4.78 is 6.36. The van der Waals surface area contributed by atoms with Gasteiger partial charge in [0.05, 0.1) is 6.26 Å². The van der Waals surface area contributed by atoms with Crippen molar-refractivity contribution in [1.82, 2.24) is 9.80 Å². The van der Waals surface area contributed by atoms with Crippen LogP contribution in [0.15, 0.2) is 47.1 Å². The van der Waals surface area contributed by atoms with Gasteiger partial charge < -0.3 is 14.2 Å². The van der Waals surface area contributed by atoms with Crippen molar-refractivity contribution in [3.05, 3.63) is 52.0 Å². The standard InChI is InChI=1S/C19H20IN3O3/c20-14-3-5-15(6-4-14)23-13-16(12-18(23)24)21-7-9-22(10-8-21)19(25)17-2-1-11-26-17/h1-6,11,16H,7-10,12-13H2. The summed E-state index contributed by atoms with van der Waals surface area (Å²) >= 11 is 2.26. The molecule has 1 aromatic heterocycles. The lowest BCUT2D eigenvalue weighted by atomic mass is 10.2. The Hall–Kier alpha value is -1.87. The summed E-state index contributed by atoms with van der Waals surface area (Å²) in [4.78, 5) is 30.8. The van der Waals surface area contributed by atoms with E-state index in [0.29, 0.717) is 31.8 Å². The van der Waals surface area contributed by atoms with E-state index in [0.717, 1.165) is 22.3 Å². The molecule has 136 valence electrons.